The maximum atomic E-state index is 11.6. The van der Waals surface area contributed by atoms with Crippen LogP contribution in [0.4, 0.5) is 5.69 Å². The number of amides is 1. The van der Waals surface area contributed by atoms with Gasteiger partial charge in [-0.15, -0.1) is 0 Å². The van der Waals surface area contributed by atoms with Crippen molar-refractivity contribution in [3.63, 3.8) is 0 Å². The van der Waals surface area contributed by atoms with Gasteiger partial charge in [-0.1, -0.05) is 12.1 Å². The highest BCUT2D eigenvalue weighted by Gasteiger charge is 2.17. The van der Waals surface area contributed by atoms with Gasteiger partial charge in [-0.3, -0.25) is 4.79 Å². The second-order valence-corrected chi connectivity index (χ2v) is 4.88. The first-order chi connectivity index (χ1) is 8.94. The average molecular weight is 266 g/mol. The number of carbonyl (C=O) groups excluding carboxylic acids is 1. The van der Waals surface area contributed by atoms with E-state index < -0.39 is 0 Å². The van der Waals surface area contributed by atoms with Crippen LogP contribution in [0, 0.1) is 0 Å². The van der Waals surface area contributed by atoms with Crippen molar-refractivity contribution in [3.05, 3.63) is 24.3 Å². The van der Waals surface area contributed by atoms with Gasteiger partial charge >= 0.3 is 0 Å². The van der Waals surface area contributed by atoms with Crippen LogP contribution in [0.15, 0.2) is 24.3 Å². The molecule has 106 valence electrons. The lowest BCUT2D eigenvalue weighted by atomic mass is 10.1. The Morgan fingerprint density at radius 3 is 2.68 bits per heavy atom. The molecule has 0 aliphatic carbocycles. The minimum absolute atomic E-state index is 0.0698. The molecule has 0 heterocycles. The number of ether oxygens (including phenoxy) is 2. The molecule has 0 aliphatic rings. The standard InChI is InChI=1S/C14H22N2O3/c1-14(2,18-3)10-16-13(17)8-9-19-12-7-5-4-6-11(12)15/h4-7H,8-10,15H2,1-3H3,(H,16,17). The fraction of sp³-hybridized carbons (Fsp3) is 0.500. The molecule has 5 heteroatoms. The SMILES string of the molecule is COC(C)(C)CNC(=O)CCOc1ccccc1N. The summed E-state index contributed by atoms with van der Waals surface area (Å²) in [5.74, 6) is 0.534. The highest BCUT2D eigenvalue weighted by Crippen LogP contribution is 2.19. The van der Waals surface area contributed by atoms with Crippen molar-refractivity contribution in [1.29, 1.82) is 0 Å². The van der Waals surface area contributed by atoms with Crippen molar-refractivity contribution in [2.45, 2.75) is 25.9 Å². The monoisotopic (exact) mass is 266 g/mol. The first kappa shape index (κ1) is 15.3. The summed E-state index contributed by atoms with van der Waals surface area (Å²) in [6.45, 7) is 4.59. The number of carbonyl (C=O) groups is 1. The van der Waals surface area contributed by atoms with E-state index in [-0.39, 0.29) is 17.9 Å². The Kier molecular flexibility index (Phi) is 5.63. The zero-order valence-corrected chi connectivity index (χ0v) is 11.7. The van der Waals surface area contributed by atoms with E-state index >= 15 is 0 Å². The largest absolute Gasteiger partial charge is 0.491 e. The summed E-state index contributed by atoms with van der Waals surface area (Å²) in [6, 6.07) is 7.21. The quantitative estimate of drug-likeness (QED) is 0.735. The Balaban J connectivity index is 2.26. The number of rotatable bonds is 7. The van der Waals surface area contributed by atoms with E-state index in [2.05, 4.69) is 5.32 Å². The summed E-state index contributed by atoms with van der Waals surface area (Å²) in [6.07, 6.45) is 0.286. The minimum atomic E-state index is -0.361. The summed E-state index contributed by atoms with van der Waals surface area (Å²) in [5, 5.41) is 2.80. The van der Waals surface area contributed by atoms with E-state index in [1.54, 1.807) is 19.2 Å². The molecular weight excluding hydrogens is 244 g/mol. The molecular formula is C14H22N2O3. The normalized spacial score (nSPS) is 11.1. The molecule has 0 radical (unpaired) electrons. The number of nitrogen functional groups attached to an aromatic ring is 1. The molecule has 3 N–H and O–H groups in total. The Morgan fingerprint density at radius 2 is 2.05 bits per heavy atom. The lowest BCUT2D eigenvalue weighted by Gasteiger charge is -2.23. The molecule has 19 heavy (non-hydrogen) atoms. The summed E-state index contributed by atoms with van der Waals surface area (Å²) < 4.78 is 10.7. The van der Waals surface area contributed by atoms with Crippen molar-refractivity contribution in [2.75, 3.05) is 26.0 Å². The van der Waals surface area contributed by atoms with Gasteiger partial charge in [-0.05, 0) is 26.0 Å². The molecule has 0 saturated carbocycles. The van der Waals surface area contributed by atoms with E-state index in [0.29, 0.717) is 24.6 Å². The molecule has 0 spiro atoms. The molecule has 0 aliphatic heterocycles. The number of hydrogen-bond donors (Lipinski definition) is 2. The third-order valence-electron chi connectivity index (χ3n) is 2.77. The van der Waals surface area contributed by atoms with Crippen molar-refractivity contribution < 1.29 is 14.3 Å². The van der Waals surface area contributed by atoms with Crippen LogP contribution in [0.2, 0.25) is 0 Å². The van der Waals surface area contributed by atoms with Crippen LogP contribution in [0.5, 0.6) is 5.75 Å². The fourth-order valence-electron chi connectivity index (χ4n) is 1.34. The molecule has 1 amide bonds. The van der Waals surface area contributed by atoms with Crippen molar-refractivity contribution in [3.8, 4) is 5.75 Å². The first-order valence-corrected chi connectivity index (χ1v) is 6.24. The lowest BCUT2D eigenvalue weighted by Crippen LogP contribution is -2.40. The number of para-hydroxylation sites is 2. The van der Waals surface area contributed by atoms with Crippen LogP contribution >= 0.6 is 0 Å². The Bertz CT molecular complexity index is 419. The van der Waals surface area contributed by atoms with Gasteiger partial charge in [-0.2, -0.15) is 0 Å². The second-order valence-electron chi connectivity index (χ2n) is 4.88. The Hall–Kier alpha value is -1.75. The smallest absolute Gasteiger partial charge is 0.223 e. The number of nitrogens with two attached hydrogens (primary N) is 1. The van der Waals surface area contributed by atoms with Gasteiger partial charge < -0.3 is 20.5 Å². The van der Waals surface area contributed by atoms with E-state index in [1.807, 2.05) is 26.0 Å². The van der Waals surface area contributed by atoms with Gasteiger partial charge in [0.25, 0.3) is 0 Å². The minimum Gasteiger partial charge on any atom is -0.491 e. The topological polar surface area (TPSA) is 73.6 Å². The predicted octanol–water partition coefficient (Wildman–Crippen LogP) is 1.58. The molecule has 0 fully saturated rings. The van der Waals surface area contributed by atoms with Gasteiger partial charge in [0.15, 0.2) is 0 Å². The summed E-state index contributed by atoms with van der Waals surface area (Å²) in [7, 11) is 1.62. The van der Waals surface area contributed by atoms with Gasteiger partial charge in [0.1, 0.15) is 5.75 Å². The van der Waals surface area contributed by atoms with Crippen molar-refractivity contribution in [1.82, 2.24) is 5.32 Å². The van der Waals surface area contributed by atoms with Crippen molar-refractivity contribution >= 4 is 11.6 Å². The predicted molar refractivity (Wildman–Crippen MR) is 75.1 cm³/mol. The molecule has 1 aromatic rings. The van der Waals surface area contributed by atoms with Crippen LogP contribution in [-0.2, 0) is 9.53 Å². The Morgan fingerprint density at radius 1 is 1.37 bits per heavy atom. The van der Waals surface area contributed by atoms with Gasteiger partial charge in [0.2, 0.25) is 5.91 Å². The molecule has 0 atom stereocenters. The molecule has 0 unspecified atom stereocenters. The molecule has 0 aromatic heterocycles. The molecule has 0 saturated heterocycles. The highest BCUT2D eigenvalue weighted by molar-refractivity contribution is 5.76. The average Bonchev–Trinajstić information content (AvgIpc) is 2.39. The number of methoxy groups -OCH3 is 1. The summed E-state index contributed by atoms with van der Waals surface area (Å²) in [5.41, 5.74) is 5.94. The van der Waals surface area contributed by atoms with Crippen molar-refractivity contribution in [2.24, 2.45) is 0 Å². The molecule has 1 rings (SSSR count). The zero-order valence-electron chi connectivity index (χ0n) is 11.7. The van der Waals surface area contributed by atoms with Crippen LogP contribution in [0.1, 0.15) is 20.3 Å². The third kappa shape index (κ3) is 5.61. The van der Waals surface area contributed by atoms with E-state index in [0.717, 1.165) is 0 Å². The van der Waals surface area contributed by atoms with Crippen LogP contribution in [-0.4, -0.2) is 31.8 Å². The van der Waals surface area contributed by atoms with Gasteiger partial charge in [0.05, 0.1) is 24.3 Å². The fourth-order valence-corrected chi connectivity index (χ4v) is 1.34. The number of anilines is 1. The van der Waals surface area contributed by atoms with Crippen LogP contribution in [0.3, 0.4) is 0 Å². The van der Waals surface area contributed by atoms with E-state index in [9.17, 15) is 4.79 Å². The number of hydrogen-bond acceptors (Lipinski definition) is 4. The second kappa shape index (κ2) is 6.99. The summed E-state index contributed by atoms with van der Waals surface area (Å²) in [4.78, 5) is 11.6. The maximum Gasteiger partial charge on any atom is 0.223 e. The maximum absolute atomic E-state index is 11.6. The molecule has 0 bridgehead atoms. The lowest BCUT2D eigenvalue weighted by molar-refractivity contribution is -0.122. The van der Waals surface area contributed by atoms with Crippen LogP contribution < -0.4 is 15.8 Å². The molecule has 1 aromatic carbocycles. The Labute approximate surface area is 114 Å². The van der Waals surface area contributed by atoms with Gasteiger partial charge in [0, 0.05) is 13.7 Å². The molecule has 5 nitrogen and oxygen atoms in total. The highest BCUT2D eigenvalue weighted by atomic mass is 16.5. The number of nitrogens with one attached hydrogen (secondary N) is 1. The van der Waals surface area contributed by atoms with E-state index in [4.69, 9.17) is 15.2 Å². The van der Waals surface area contributed by atoms with Crippen LogP contribution in [0.25, 0.3) is 0 Å². The zero-order chi connectivity index (χ0) is 14.3. The number of benzene rings is 1. The first-order valence-electron chi connectivity index (χ1n) is 6.24. The van der Waals surface area contributed by atoms with E-state index in [1.165, 1.54) is 0 Å². The van der Waals surface area contributed by atoms with Gasteiger partial charge in [-0.25, -0.2) is 0 Å². The summed E-state index contributed by atoms with van der Waals surface area (Å²) >= 11 is 0. The third-order valence-corrected chi connectivity index (χ3v) is 2.77.